The highest BCUT2D eigenvalue weighted by atomic mass is 16.5. The molecule has 20 heavy (non-hydrogen) atoms. The van der Waals surface area contributed by atoms with Gasteiger partial charge in [0.1, 0.15) is 0 Å². The first-order valence-corrected chi connectivity index (χ1v) is 7.07. The second kappa shape index (κ2) is 6.34. The van der Waals surface area contributed by atoms with Crippen LogP contribution in [0.3, 0.4) is 0 Å². The molecule has 2 N–H and O–H groups in total. The summed E-state index contributed by atoms with van der Waals surface area (Å²) in [4.78, 5) is 14.4. The molecule has 2 aliphatic rings. The number of H-pyrrole nitrogens is 1. The lowest BCUT2D eigenvalue weighted by Crippen LogP contribution is -2.41. The van der Waals surface area contributed by atoms with Crippen LogP contribution in [0.25, 0.3) is 0 Å². The van der Waals surface area contributed by atoms with Crippen molar-refractivity contribution >= 4 is 5.91 Å². The van der Waals surface area contributed by atoms with Crippen LogP contribution in [0.4, 0.5) is 0 Å². The summed E-state index contributed by atoms with van der Waals surface area (Å²) in [6, 6.07) is 0. The summed E-state index contributed by atoms with van der Waals surface area (Å²) < 4.78 is 10.7. The van der Waals surface area contributed by atoms with Crippen molar-refractivity contribution in [2.45, 2.75) is 13.0 Å². The van der Waals surface area contributed by atoms with E-state index in [0.717, 1.165) is 50.5 Å². The molecule has 0 atom stereocenters. The number of aromatic amines is 1. The molecule has 1 amide bonds. The van der Waals surface area contributed by atoms with Crippen molar-refractivity contribution < 1.29 is 14.3 Å². The fourth-order valence-corrected chi connectivity index (χ4v) is 2.54. The van der Waals surface area contributed by atoms with Gasteiger partial charge in [-0.15, -0.1) is 0 Å². The zero-order valence-corrected chi connectivity index (χ0v) is 11.5. The van der Waals surface area contributed by atoms with E-state index >= 15 is 0 Å². The number of rotatable bonds is 4. The van der Waals surface area contributed by atoms with Crippen LogP contribution in [0.5, 0.6) is 0 Å². The summed E-state index contributed by atoms with van der Waals surface area (Å²) in [6.45, 7) is 6.05. The predicted molar refractivity (Wildman–Crippen MR) is 71.5 cm³/mol. The minimum Gasteiger partial charge on any atom is -0.379 e. The number of nitrogens with one attached hydrogen (secondary N) is 2. The molecule has 0 radical (unpaired) electrons. The molecule has 1 aromatic heterocycles. The van der Waals surface area contributed by atoms with E-state index in [4.69, 9.17) is 9.47 Å². The number of hydrogen-bond acceptors (Lipinski definition) is 5. The fourth-order valence-electron chi connectivity index (χ4n) is 2.54. The Bertz CT molecular complexity index is 468. The van der Waals surface area contributed by atoms with E-state index in [2.05, 4.69) is 20.4 Å². The normalized spacial score (nSPS) is 19.6. The predicted octanol–water partition coefficient (Wildman–Crippen LogP) is -0.456. The molecule has 0 unspecified atom stereocenters. The van der Waals surface area contributed by atoms with Gasteiger partial charge in [0.2, 0.25) is 0 Å². The molecule has 3 rings (SSSR count). The highest BCUT2D eigenvalue weighted by Gasteiger charge is 2.22. The number of carbonyl (C=O) groups excluding carboxylic acids is 1. The Morgan fingerprint density at radius 1 is 1.30 bits per heavy atom. The molecule has 0 spiro atoms. The molecule has 1 saturated heterocycles. The molecule has 1 fully saturated rings. The SMILES string of the molecule is O=C(NCCN1CCOCC1)c1n[nH]c2c1COCC2. The highest BCUT2D eigenvalue weighted by molar-refractivity contribution is 5.93. The van der Waals surface area contributed by atoms with E-state index in [1.165, 1.54) is 0 Å². The monoisotopic (exact) mass is 280 g/mol. The van der Waals surface area contributed by atoms with Gasteiger partial charge in [-0.2, -0.15) is 5.10 Å². The van der Waals surface area contributed by atoms with Gasteiger partial charge in [0.05, 0.1) is 26.4 Å². The number of carbonyl (C=O) groups is 1. The molecular weight excluding hydrogens is 260 g/mol. The van der Waals surface area contributed by atoms with Gasteiger partial charge in [-0.3, -0.25) is 14.8 Å². The van der Waals surface area contributed by atoms with E-state index in [1.54, 1.807) is 0 Å². The fraction of sp³-hybridized carbons (Fsp3) is 0.692. The van der Waals surface area contributed by atoms with E-state index in [-0.39, 0.29) is 5.91 Å². The summed E-state index contributed by atoms with van der Waals surface area (Å²) >= 11 is 0. The smallest absolute Gasteiger partial charge is 0.272 e. The first-order valence-electron chi connectivity index (χ1n) is 7.07. The Hall–Kier alpha value is -1.44. The Morgan fingerprint density at radius 3 is 3.00 bits per heavy atom. The van der Waals surface area contributed by atoms with Gasteiger partial charge < -0.3 is 14.8 Å². The van der Waals surface area contributed by atoms with Crippen LogP contribution in [0, 0.1) is 0 Å². The van der Waals surface area contributed by atoms with Crippen LogP contribution in [-0.4, -0.2) is 67.0 Å². The summed E-state index contributed by atoms with van der Waals surface area (Å²) in [7, 11) is 0. The zero-order chi connectivity index (χ0) is 13.8. The third-order valence-electron chi connectivity index (χ3n) is 3.73. The van der Waals surface area contributed by atoms with E-state index in [9.17, 15) is 4.79 Å². The highest BCUT2D eigenvalue weighted by Crippen LogP contribution is 2.17. The van der Waals surface area contributed by atoms with Crippen LogP contribution in [0.15, 0.2) is 0 Å². The van der Waals surface area contributed by atoms with Crippen LogP contribution in [-0.2, 0) is 22.5 Å². The molecule has 7 nitrogen and oxygen atoms in total. The van der Waals surface area contributed by atoms with E-state index in [0.29, 0.717) is 25.5 Å². The molecule has 3 heterocycles. The minimum absolute atomic E-state index is 0.124. The first-order chi connectivity index (χ1) is 9.84. The Labute approximate surface area is 117 Å². The summed E-state index contributed by atoms with van der Waals surface area (Å²) in [5, 5.41) is 9.96. The van der Waals surface area contributed by atoms with Crippen molar-refractivity contribution in [3.8, 4) is 0 Å². The maximum absolute atomic E-state index is 12.1. The van der Waals surface area contributed by atoms with Crippen molar-refractivity contribution in [3.05, 3.63) is 17.0 Å². The Kier molecular flexibility index (Phi) is 4.29. The third kappa shape index (κ3) is 3.00. The lowest BCUT2D eigenvalue weighted by atomic mass is 10.1. The lowest BCUT2D eigenvalue weighted by Gasteiger charge is -2.26. The topological polar surface area (TPSA) is 79.5 Å². The number of fused-ring (bicyclic) bond motifs is 1. The van der Waals surface area contributed by atoms with Crippen molar-refractivity contribution in [2.75, 3.05) is 46.0 Å². The molecule has 0 aliphatic carbocycles. The average molecular weight is 280 g/mol. The minimum atomic E-state index is -0.124. The maximum atomic E-state index is 12.1. The van der Waals surface area contributed by atoms with E-state index in [1.807, 2.05) is 0 Å². The Morgan fingerprint density at radius 2 is 2.15 bits per heavy atom. The summed E-state index contributed by atoms with van der Waals surface area (Å²) in [5.74, 6) is -0.124. The molecular formula is C13H20N4O3. The van der Waals surface area contributed by atoms with Gasteiger partial charge in [-0.1, -0.05) is 0 Å². The number of hydrogen-bond donors (Lipinski definition) is 2. The van der Waals surface area contributed by atoms with Crippen molar-refractivity contribution in [3.63, 3.8) is 0 Å². The number of amides is 1. The largest absolute Gasteiger partial charge is 0.379 e. The van der Waals surface area contributed by atoms with Crippen LogP contribution >= 0.6 is 0 Å². The molecule has 0 aromatic carbocycles. The van der Waals surface area contributed by atoms with Gasteiger partial charge >= 0.3 is 0 Å². The zero-order valence-electron chi connectivity index (χ0n) is 11.5. The number of morpholine rings is 1. The quantitative estimate of drug-likeness (QED) is 0.780. The van der Waals surface area contributed by atoms with Crippen molar-refractivity contribution in [1.29, 1.82) is 0 Å². The van der Waals surface area contributed by atoms with Crippen LogP contribution in [0.2, 0.25) is 0 Å². The van der Waals surface area contributed by atoms with Crippen LogP contribution < -0.4 is 5.32 Å². The third-order valence-corrected chi connectivity index (χ3v) is 3.73. The first kappa shape index (κ1) is 13.5. The number of aromatic nitrogens is 2. The maximum Gasteiger partial charge on any atom is 0.272 e. The molecule has 110 valence electrons. The molecule has 7 heteroatoms. The van der Waals surface area contributed by atoms with Gasteiger partial charge in [0, 0.05) is 43.9 Å². The molecule has 1 aromatic rings. The lowest BCUT2D eigenvalue weighted by molar-refractivity contribution is 0.0383. The van der Waals surface area contributed by atoms with Gasteiger partial charge in [-0.05, 0) is 0 Å². The van der Waals surface area contributed by atoms with Gasteiger partial charge in [0.15, 0.2) is 5.69 Å². The average Bonchev–Trinajstić information content (AvgIpc) is 2.92. The second-order valence-corrected chi connectivity index (χ2v) is 5.04. The van der Waals surface area contributed by atoms with E-state index < -0.39 is 0 Å². The van der Waals surface area contributed by atoms with Gasteiger partial charge in [0.25, 0.3) is 5.91 Å². The van der Waals surface area contributed by atoms with Crippen molar-refractivity contribution in [1.82, 2.24) is 20.4 Å². The van der Waals surface area contributed by atoms with Crippen LogP contribution in [0.1, 0.15) is 21.7 Å². The Balaban J connectivity index is 1.50. The molecule has 2 aliphatic heterocycles. The summed E-state index contributed by atoms with van der Waals surface area (Å²) in [5.41, 5.74) is 2.40. The summed E-state index contributed by atoms with van der Waals surface area (Å²) in [6.07, 6.45) is 0.795. The standard InChI is InChI=1S/C13H20N4O3/c18-13(14-2-3-17-4-7-19-8-5-17)12-10-9-20-6-1-11(10)15-16-12/h1-9H2,(H,14,18)(H,15,16). The second-order valence-electron chi connectivity index (χ2n) is 5.04. The van der Waals surface area contributed by atoms with Gasteiger partial charge in [-0.25, -0.2) is 0 Å². The number of nitrogens with zero attached hydrogens (tertiary/aromatic N) is 2. The molecule has 0 bridgehead atoms. The molecule has 0 saturated carbocycles. The van der Waals surface area contributed by atoms with Crippen molar-refractivity contribution in [2.24, 2.45) is 0 Å². The number of ether oxygens (including phenoxy) is 2.